The molecule has 0 saturated carbocycles. The first-order valence-electron chi connectivity index (χ1n) is 12.9. The second-order valence-corrected chi connectivity index (χ2v) is 10.4. The number of carbonyl (C=O) groups is 4. The van der Waals surface area contributed by atoms with Gasteiger partial charge in [-0.05, 0) is 62.8 Å². The van der Waals surface area contributed by atoms with E-state index in [1.165, 1.54) is 18.7 Å². The minimum Gasteiger partial charge on any atom is -0.480 e. The van der Waals surface area contributed by atoms with Crippen LogP contribution in [0.5, 0.6) is 0 Å². The number of carboxylic acid groups (broad SMARTS) is 1. The number of benzene rings is 1. The van der Waals surface area contributed by atoms with Gasteiger partial charge in [-0.1, -0.05) is 18.2 Å². The lowest BCUT2D eigenvalue weighted by atomic mass is 10.0. The van der Waals surface area contributed by atoms with E-state index in [1.54, 1.807) is 6.20 Å². The van der Waals surface area contributed by atoms with Crippen molar-refractivity contribution in [2.24, 2.45) is 11.5 Å². The number of nitrogens with two attached hydrogens (primary N) is 2. The van der Waals surface area contributed by atoms with Crippen LogP contribution in [0.15, 0.2) is 30.5 Å². The van der Waals surface area contributed by atoms with E-state index in [2.05, 4.69) is 20.9 Å². The lowest BCUT2D eigenvalue weighted by Crippen LogP contribution is -2.58. The highest BCUT2D eigenvalue weighted by atomic mass is 32.2. The molecule has 10 N–H and O–H groups in total. The van der Waals surface area contributed by atoms with Crippen LogP contribution in [0.25, 0.3) is 10.9 Å². The molecule has 0 spiro atoms. The lowest BCUT2D eigenvalue weighted by Gasteiger charge is -2.25. The smallest absolute Gasteiger partial charge is 0.326 e. The van der Waals surface area contributed by atoms with Gasteiger partial charge in [-0.3, -0.25) is 14.4 Å². The lowest BCUT2D eigenvalue weighted by molar-refractivity contribution is -0.142. The first-order chi connectivity index (χ1) is 18.6. The fraction of sp³-hybridized carbons (Fsp3) is 0.538. The molecule has 39 heavy (non-hydrogen) atoms. The SMILES string of the molecule is CSCCC(NC(=O)C(Cc1c[nH]c2ccccc12)NC(=O)C(CCCCN)NC(=O)C(N)C(C)O)C(=O)O. The summed E-state index contributed by atoms with van der Waals surface area (Å²) in [6.07, 6.45) is 4.09. The summed E-state index contributed by atoms with van der Waals surface area (Å²) in [5.74, 6) is -2.65. The van der Waals surface area contributed by atoms with Gasteiger partial charge in [0.25, 0.3) is 0 Å². The number of aromatic amines is 1. The molecule has 1 aromatic carbocycles. The van der Waals surface area contributed by atoms with E-state index >= 15 is 0 Å². The van der Waals surface area contributed by atoms with Crippen LogP contribution >= 0.6 is 11.8 Å². The summed E-state index contributed by atoms with van der Waals surface area (Å²) in [5.41, 5.74) is 12.9. The van der Waals surface area contributed by atoms with Crippen molar-refractivity contribution in [3.63, 3.8) is 0 Å². The molecular weight excluding hydrogens is 524 g/mol. The zero-order valence-electron chi connectivity index (χ0n) is 22.3. The monoisotopic (exact) mass is 564 g/mol. The Hall–Kier alpha value is -3.13. The summed E-state index contributed by atoms with van der Waals surface area (Å²) in [7, 11) is 0. The van der Waals surface area contributed by atoms with Gasteiger partial charge in [0, 0.05) is 23.5 Å². The van der Waals surface area contributed by atoms with Crippen LogP contribution in [0, 0.1) is 0 Å². The van der Waals surface area contributed by atoms with Gasteiger partial charge in [-0.15, -0.1) is 0 Å². The number of para-hydroxylation sites is 1. The van der Waals surface area contributed by atoms with Crippen molar-refractivity contribution in [1.29, 1.82) is 0 Å². The van der Waals surface area contributed by atoms with Gasteiger partial charge in [-0.25, -0.2) is 4.79 Å². The topological polar surface area (TPSA) is 213 Å². The molecule has 0 bridgehead atoms. The molecule has 2 aromatic rings. The van der Waals surface area contributed by atoms with Gasteiger partial charge >= 0.3 is 5.97 Å². The molecule has 13 heteroatoms. The maximum atomic E-state index is 13.4. The first kappa shape index (κ1) is 32.1. The van der Waals surface area contributed by atoms with Gasteiger partial charge in [0.05, 0.1) is 6.10 Å². The highest BCUT2D eigenvalue weighted by Gasteiger charge is 2.31. The molecule has 0 saturated heterocycles. The van der Waals surface area contributed by atoms with Crippen molar-refractivity contribution in [1.82, 2.24) is 20.9 Å². The van der Waals surface area contributed by atoms with Crippen LogP contribution in [0.1, 0.15) is 38.2 Å². The Morgan fingerprint density at radius 2 is 1.62 bits per heavy atom. The molecule has 0 fully saturated rings. The normalized spacial score (nSPS) is 15.1. The van der Waals surface area contributed by atoms with E-state index < -0.39 is 54.0 Å². The van der Waals surface area contributed by atoms with Crippen molar-refractivity contribution >= 4 is 46.4 Å². The Labute approximate surface area is 232 Å². The molecule has 0 aliphatic rings. The standard InChI is InChI=1S/C26H40N6O6S/c1-15(33)22(28)25(36)30-19(9-5-6-11-27)23(34)32-21(24(35)31-20(26(37)38)10-12-39-2)13-16-14-29-18-8-4-3-7-17(16)18/h3-4,7-8,14-15,19-22,29,33H,5-6,9-13,27-28H2,1-2H3,(H,30,36)(H,31,35)(H,32,34)(H,37,38). The molecule has 216 valence electrons. The van der Waals surface area contributed by atoms with E-state index in [9.17, 15) is 29.4 Å². The summed E-state index contributed by atoms with van der Waals surface area (Å²) >= 11 is 1.46. The number of aliphatic carboxylic acids is 1. The van der Waals surface area contributed by atoms with Crippen molar-refractivity contribution in [2.45, 2.75) is 69.3 Å². The Balaban J connectivity index is 2.31. The number of carboxylic acids is 1. The van der Waals surface area contributed by atoms with Gasteiger partial charge in [0.1, 0.15) is 24.2 Å². The Morgan fingerprint density at radius 3 is 2.26 bits per heavy atom. The summed E-state index contributed by atoms with van der Waals surface area (Å²) < 4.78 is 0. The molecule has 12 nitrogen and oxygen atoms in total. The summed E-state index contributed by atoms with van der Waals surface area (Å²) in [6.45, 7) is 1.76. The van der Waals surface area contributed by atoms with Crippen LogP contribution < -0.4 is 27.4 Å². The van der Waals surface area contributed by atoms with Crippen molar-refractivity contribution in [2.75, 3.05) is 18.6 Å². The average molecular weight is 565 g/mol. The van der Waals surface area contributed by atoms with Crippen LogP contribution in [-0.2, 0) is 25.6 Å². The number of H-pyrrole nitrogens is 1. The van der Waals surface area contributed by atoms with Crippen molar-refractivity contribution < 1.29 is 29.4 Å². The number of fused-ring (bicyclic) bond motifs is 1. The third kappa shape index (κ3) is 9.84. The van der Waals surface area contributed by atoms with Crippen molar-refractivity contribution in [3.05, 3.63) is 36.0 Å². The number of aliphatic hydroxyl groups is 1. The molecule has 0 aliphatic carbocycles. The predicted molar refractivity (Wildman–Crippen MR) is 151 cm³/mol. The fourth-order valence-corrected chi connectivity index (χ4v) is 4.49. The van der Waals surface area contributed by atoms with E-state index in [0.29, 0.717) is 25.1 Å². The molecule has 5 atom stereocenters. The van der Waals surface area contributed by atoms with Gasteiger partial charge in [-0.2, -0.15) is 11.8 Å². The Kier molecular flexibility index (Phi) is 13.2. The third-order valence-corrected chi connectivity index (χ3v) is 7.00. The van der Waals surface area contributed by atoms with Crippen LogP contribution in [0.3, 0.4) is 0 Å². The predicted octanol–water partition coefficient (Wildman–Crippen LogP) is -0.160. The molecule has 5 unspecified atom stereocenters. The summed E-state index contributed by atoms with van der Waals surface area (Å²) in [4.78, 5) is 54.2. The molecule has 1 heterocycles. The number of thioether (sulfide) groups is 1. The van der Waals surface area contributed by atoms with E-state index in [0.717, 1.165) is 16.5 Å². The minimum atomic E-state index is -1.24. The number of amides is 3. The summed E-state index contributed by atoms with van der Waals surface area (Å²) in [6, 6.07) is 2.93. The third-order valence-electron chi connectivity index (χ3n) is 6.36. The second-order valence-electron chi connectivity index (χ2n) is 9.42. The average Bonchev–Trinajstić information content (AvgIpc) is 3.31. The maximum Gasteiger partial charge on any atom is 0.326 e. The van der Waals surface area contributed by atoms with Gasteiger partial charge in [0.2, 0.25) is 17.7 Å². The van der Waals surface area contributed by atoms with Gasteiger partial charge in [0.15, 0.2) is 0 Å². The zero-order valence-corrected chi connectivity index (χ0v) is 23.1. The van der Waals surface area contributed by atoms with Gasteiger partial charge < -0.3 is 42.6 Å². The molecule has 0 aliphatic heterocycles. The highest BCUT2D eigenvalue weighted by Crippen LogP contribution is 2.19. The number of carbonyl (C=O) groups excluding carboxylic acids is 3. The second kappa shape index (κ2) is 16.1. The van der Waals surface area contributed by atoms with E-state index in [1.807, 2.05) is 30.5 Å². The molecule has 2 rings (SSSR count). The molecule has 1 aromatic heterocycles. The number of hydrogen-bond donors (Lipinski definition) is 8. The van der Waals surface area contributed by atoms with E-state index in [4.69, 9.17) is 11.5 Å². The number of unbranched alkanes of at least 4 members (excludes halogenated alkanes) is 1. The van der Waals surface area contributed by atoms with Crippen LogP contribution in [0.2, 0.25) is 0 Å². The van der Waals surface area contributed by atoms with E-state index in [-0.39, 0.29) is 19.3 Å². The van der Waals surface area contributed by atoms with Crippen LogP contribution in [0.4, 0.5) is 0 Å². The quantitative estimate of drug-likeness (QED) is 0.120. The molecule has 3 amide bonds. The Bertz CT molecular complexity index is 1110. The number of nitrogens with one attached hydrogen (secondary N) is 4. The maximum absolute atomic E-state index is 13.4. The number of hydrogen-bond acceptors (Lipinski definition) is 8. The number of aliphatic hydroxyl groups excluding tert-OH is 1. The number of aromatic nitrogens is 1. The first-order valence-corrected chi connectivity index (χ1v) is 14.3. The number of rotatable bonds is 17. The largest absolute Gasteiger partial charge is 0.480 e. The van der Waals surface area contributed by atoms with Crippen molar-refractivity contribution in [3.8, 4) is 0 Å². The minimum absolute atomic E-state index is 0.0765. The fourth-order valence-electron chi connectivity index (χ4n) is 4.02. The zero-order chi connectivity index (χ0) is 28.9. The highest BCUT2D eigenvalue weighted by molar-refractivity contribution is 7.98. The molecular formula is C26H40N6O6S. The molecule has 0 radical (unpaired) electrons. The summed E-state index contributed by atoms with van der Waals surface area (Å²) in [5, 5.41) is 28.0. The Morgan fingerprint density at radius 1 is 0.974 bits per heavy atom. The van der Waals surface area contributed by atoms with Crippen LogP contribution in [-0.4, -0.2) is 87.7 Å².